The molecule has 1 aliphatic rings. The zero-order valence-electron chi connectivity index (χ0n) is 11.5. The van der Waals surface area contributed by atoms with Crippen LogP contribution < -0.4 is 5.69 Å². The van der Waals surface area contributed by atoms with Crippen molar-refractivity contribution in [1.82, 2.24) is 19.3 Å². The van der Waals surface area contributed by atoms with Crippen LogP contribution in [0.1, 0.15) is 51.2 Å². The van der Waals surface area contributed by atoms with Crippen LogP contribution in [0, 0.1) is 0 Å². The Hall–Kier alpha value is -1.85. The first-order valence-corrected chi connectivity index (χ1v) is 6.55. The molecule has 2 aromatic heterocycles. The van der Waals surface area contributed by atoms with Gasteiger partial charge in [0.2, 0.25) is 5.89 Å². The van der Waals surface area contributed by atoms with Gasteiger partial charge >= 0.3 is 5.69 Å². The van der Waals surface area contributed by atoms with Gasteiger partial charge in [-0.1, -0.05) is 0 Å². The van der Waals surface area contributed by atoms with Crippen LogP contribution in [-0.2, 0) is 12.1 Å². The van der Waals surface area contributed by atoms with E-state index in [9.17, 15) is 4.79 Å². The molecule has 0 saturated heterocycles. The minimum absolute atomic E-state index is 0.140. The van der Waals surface area contributed by atoms with Crippen molar-refractivity contribution in [1.29, 1.82) is 0 Å². The van der Waals surface area contributed by atoms with Gasteiger partial charge in [0, 0.05) is 5.92 Å². The second-order valence-corrected chi connectivity index (χ2v) is 6.05. The van der Waals surface area contributed by atoms with Crippen LogP contribution in [0.15, 0.2) is 21.7 Å². The first-order valence-electron chi connectivity index (χ1n) is 6.55. The van der Waals surface area contributed by atoms with Crippen molar-refractivity contribution in [3.05, 3.63) is 34.7 Å². The number of hydrogen-bond donors (Lipinski definition) is 0. The van der Waals surface area contributed by atoms with Gasteiger partial charge in [-0.15, -0.1) is 0 Å². The molecule has 2 aromatic rings. The molecular formula is C13H18N4O2. The Labute approximate surface area is 111 Å². The fraction of sp³-hybridized carbons (Fsp3) is 0.615. The summed E-state index contributed by atoms with van der Waals surface area (Å²) in [6, 6.07) is 0. The van der Waals surface area contributed by atoms with Gasteiger partial charge in [0.1, 0.15) is 18.6 Å². The van der Waals surface area contributed by atoms with Crippen LogP contribution in [0.5, 0.6) is 0 Å². The Balaban J connectivity index is 1.83. The minimum atomic E-state index is -0.321. The third-order valence-corrected chi connectivity index (χ3v) is 3.23. The van der Waals surface area contributed by atoms with E-state index in [-0.39, 0.29) is 11.2 Å². The third kappa shape index (κ3) is 2.34. The van der Waals surface area contributed by atoms with Gasteiger partial charge in [0.15, 0.2) is 0 Å². The number of hydrogen-bond acceptors (Lipinski definition) is 4. The van der Waals surface area contributed by atoms with E-state index in [1.807, 2.05) is 20.8 Å². The topological polar surface area (TPSA) is 65.8 Å². The molecule has 6 heteroatoms. The SMILES string of the molecule is CC(C)(C)n1ncn(Cc2ncc(C3CC3)o2)c1=O. The maximum atomic E-state index is 12.2. The van der Waals surface area contributed by atoms with Crippen LogP contribution in [0.25, 0.3) is 0 Å². The fourth-order valence-corrected chi connectivity index (χ4v) is 2.00. The molecule has 2 heterocycles. The monoisotopic (exact) mass is 262 g/mol. The first-order chi connectivity index (χ1) is 8.95. The van der Waals surface area contributed by atoms with Gasteiger partial charge in [-0.25, -0.2) is 14.5 Å². The number of oxazole rings is 1. The second-order valence-electron chi connectivity index (χ2n) is 6.05. The molecule has 0 bridgehead atoms. The molecule has 1 fully saturated rings. The van der Waals surface area contributed by atoms with E-state index in [1.165, 1.54) is 28.4 Å². The zero-order valence-corrected chi connectivity index (χ0v) is 11.5. The van der Waals surface area contributed by atoms with E-state index in [1.54, 1.807) is 6.20 Å². The molecule has 3 rings (SSSR count). The molecule has 19 heavy (non-hydrogen) atoms. The highest BCUT2D eigenvalue weighted by atomic mass is 16.4. The molecule has 1 aliphatic carbocycles. The molecule has 6 nitrogen and oxygen atoms in total. The molecule has 0 radical (unpaired) electrons. The molecule has 0 atom stereocenters. The van der Waals surface area contributed by atoms with Gasteiger partial charge in [0.05, 0.1) is 11.7 Å². The number of aromatic nitrogens is 4. The summed E-state index contributed by atoms with van der Waals surface area (Å²) in [4.78, 5) is 16.4. The average Bonchev–Trinajstić information content (AvgIpc) is 2.96. The molecule has 0 N–H and O–H groups in total. The first kappa shape index (κ1) is 12.2. The summed E-state index contributed by atoms with van der Waals surface area (Å²) in [5, 5.41) is 4.14. The van der Waals surface area contributed by atoms with Crippen LogP contribution in [0.4, 0.5) is 0 Å². The predicted octanol–water partition coefficient (Wildman–Crippen LogP) is 1.71. The molecule has 102 valence electrons. The van der Waals surface area contributed by atoms with Gasteiger partial charge in [0.25, 0.3) is 0 Å². The molecule has 0 amide bonds. The summed E-state index contributed by atoms with van der Waals surface area (Å²) < 4.78 is 8.65. The van der Waals surface area contributed by atoms with Crippen molar-refractivity contribution < 1.29 is 4.42 Å². The summed E-state index contributed by atoms with van der Waals surface area (Å²) >= 11 is 0. The van der Waals surface area contributed by atoms with E-state index in [2.05, 4.69) is 10.1 Å². The summed E-state index contributed by atoms with van der Waals surface area (Å²) in [6.45, 7) is 6.17. The zero-order chi connectivity index (χ0) is 13.6. The lowest BCUT2D eigenvalue weighted by Gasteiger charge is -2.16. The van der Waals surface area contributed by atoms with Crippen LogP contribution in [0.2, 0.25) is 0 Å². The molecule has 0 spiro atoms. The van der Waals surface area contributed by atoms with Gasteiger partial charge in [-0.2, -0.15) is 5.10 Å². The van der Waals surface area contributed by atoms with Crippen molar-refractivity contribution in [2.24, 2.45) is 0 Å². The van der Waals surface area contributed by atoms with Gasteiger partial charge in [-0.05, 0) is 33.6 Å². The number of rotatable bonds is 3. The second kappa shape index (κ2) is 4.08. The third-order valence-electron chi connectivity index (χ3n) is 3.23. The number of nitrogens with zero attached hydrogens (tertiary/aromatic N) is 4. The standard InChI is InChI=1S/C13H18N4O2/c1-13(2,3)17-12(18)16(8-15-17)7-11-14-6-10(19-11)9-4-5-9/h6,8-9H,4-5,7H2,1-3H3. The lowest BCUT2D eigenvalue weighted by molar-refractivity contribution is 0.339. The van der Waals surface area contributed by atoms with E-state index in [0.717, 1.165) is 5.76 Å². The van der Waals surface area contributed by atoms with E-state index < -0.39 is 0 Å². The lowest BCUT2D eigenvalue weighted by Crippen LogP contribution is -2.35. The molecule has 0 aliphatic heterocycles. The normalized spacial score (nSPS) is 15.9. The predicted molar refractivity (Wildman–Crippen MR) is 69.1 cm³/mol. The van der Waals surface area contributed by atoms with Crippen molar-refractivity contribution in [3.8, 4) is 0 Å². The van der Waals surface area contributed by atoms with Gasteiger partial charge in [-0.3, -0.25) is 4.57 Å². The molecule has 1 saturated carbocycles. The van der Waals surface area contributed by atoms with Crippen LogP contribution in [0.3, 0.4) is 0 Å². The van der Waals surface area contributed by atoms with Crippen molar-refractivity contribution in [2.45, 2.75) is 51.6 Å². The highest BCUT2D eigenvalue weighted by Crippen LogP contribution is 2.40. The quantitative estimate of drug-likeness (QED) is 0.844. The largest absolute Gasteiger partial charge is 0.443 e. The highest BCUT2D eigenvalue weighted by Gasteiger charge is 2.27. The summed E-state index contributed by atoms with van der Waals surface area (Å²) in [5.74, 6) is 2.04. The van der Waals surface area contributed by atoms with E-state index in [0.29, 0.717) is 18.4 Å². The lowest BCUT2D eigenvalue weighted by atomic mass is 10.1. The van der Waals surface area contributed by atoms with Crippen LogP contribution in [-0.4, -0.2) is 19.3 Å². The average molecular weight is 262 g/mol. The Kier molecular flexibility index (Phi) is 2.62. The van der Waals surface area contributed by atoms with Crippen molar-refractivity contribution in [2.75, 3.05) is 0 Å². The Bertz CT molecular complexity index is 640. The van der Waals surface area contributed by atoms with Gasteiger partial charge < -0.3 is 4.42 Å². The minimum Gasteiger partial charge on any atom is -0.443 e. The molecule has 0 aromatic carbocycles. The maximum absolute atomic E-state index is 12.2. The van der Waals surface area contributed by atoms with E-state index >= 15 is 0 Å². The Morgan fingerprint density at radius 1 is 1.42 bits per heavy atom. The maximum Gasteiger partial charge on any atom is 0.346 e. The Morgan fingerprint density at radius 2 is 2.16 bits per heavy atom. The summed E-state index contributed by atoms with van der Waals surface area (Å²) in [7, 11) is 0. The van der Waals surface area contributed by atoms with Crippen LogP contribution >= 0.6 is 0 Å². The Morgan fingerprint density at radius 3 is 2.74 bits per heavy atom. The van der Waals surface area contributed by atoms with Crippen molar-refractivity contribution >= 4 is 0 Å². The smallest absolute Gasteiger partial charge is 0.346 e. The van der Waals surface area contributed by atoms with Crippen molar-refractivity contribution in [3.63, 3.8) is 0 Å². The van der Waals surface area contributed by atoms with E-state index in [4.69, 9.17) is 4.42 Å². The fourth-order valence-electron chi connectivity index (χ4n) is 2.00. The highest BCUT2D eigenvalue weighted by molar-refractivity contribution is 5.08. The summed E-state index contributed by atoms with van der Waals surface area (Å²) in [6.07, 6.45) is 5.66. The summed E-state index contributed by atoms with van der Waals surface area (Å²) in [5.41, 5.74) is -0.461. The molecule has 0 unspecified atom stereocenters. The molecular weight excluding hydrogens is 244 g/mol.